The summed E-state index contributed by atoms with van der Waals surface area (Å²) < 4.78 is 0. The maximum Gasteiger partial charge on any atom is 0.261 e. The molecule has 1 aromatic rings. The van der Waals surface area contributed by atoms with Gasteiger partial charge in [0, 0.05) is 6.42 Å². The van der Waals surface area contributed by atoms with E-state index in [9.17, 15) is 19.2 Å². The van der Waals surface area contributed by atoms with E-state index in [0.29, 0.717) is 30.4 Å². The van der Waals surface area contributed by atoms with E-state index in [2.05, 4.69) is 0 Å². The Morgan fingerprint density at radius 2 is 1.70 bits per heavy atom. The second-order valence-corrected chi connectivity index (χ2v) is 5.12. The summed E-state index contributed by atoms with van der Waals surface area (Å²) in [4.78, 5) is 48.8. The fraction of sp³-hybridized carbons (Fsp3) is 0.333. The molecule has 0 radical (unpaired) electrons. The van der Waals surface area contributed by atoms with Gasteiger partial charge >= 0.3 is 0 Å². The average Bonchev–Trinajstić information content (AvgIpc) is 2.97. The van der Waals surface area contributed by atoms with Gasteiger partial charge in [-0.05, 0) is 25.0 Å². The zero-order valence-electron chi connectivity index (χ0n) is 10.8. The molecule has 0 saturated heterocycles. The summed E-state index contributed by atoms with van der Waals surface area (Å²) in [6.45, 7) is -0.303. The third-order valence-electron chi connectivity index (χ3n) is 3.89. The minimum atomic E-state index is -0.640. The molecule has 0 bridgehead atoms. The molecule has 5 nitrogen and oxygen atoms in total. The van der Waals surface area contributed by atoms with E-state index in [0.717, 1.165) is 4.90 Å². The van der Waals surface area contributed by atoms with Gasteiger partial charge in [0.2, 0.25) is 0 Å². The van der Waals surface area contributed by atoms with E-state index in [1.165, 1.54) is 0 Å². The molecule has 1 fully saturated rings. The van der Waals surface area contributed by atoms with Crippen molar-refractivity contribution in [1.29, 1.82) is 0 Å². The lowest BCUT2D eigenvalue weighted by atomic mass is 10.0. The number of amides is 2. The first-order chi connectivity index (χ1) is 9.59. The largest absolute Gasteiger partial charge is 0.299 e. The van der Waals surface area contributed by atoms with Crippen LogP contribution in [-0.4, -0.2) is 34.8 Å². The fourth-order valence-electron chi connectivity index (χ4n) is 2.80. The van der Waals surface area contributed by atoms with E-state index in [-0.39, 0.29) is 18.1 Å². The highest BCUT2D eigenvalue weighted by Crippen LogP contribution is 2.26. The van der Waals surface area contributed by atoms with Gasteiger partial charge in [-0.1, -0.05) is 12.1 Å². The van der Waals surface area contributed by atoms with Crippen LogP contribution in [0, 0.1) is 5.92 Å². The van der Waals surface area contributed by atoms with Crippen LogP contribution in [0.2, 0.25) is 0 Å². The standard InChI is InChI=1S/C15H13NO4/c17-12-7-3-6-11(12)13(18)8-16-14(19)9-4-1-2-5-10(9)15(16)20/h1-2,4-5,11H,3,6-8H2/t11-/m0/s1. The van der Waals surface area contributed by atoms with E-state index < -0.39 is 17.7 Å². The zero-order chi connectivity index (χ0) is 14.3. The second kappa shape index (κ2) is 4.67. The van der Waals surface area contributed by atoms with Crippen molar-refractivity contribution >= 4 is 23.4 Å². The van der Waals surface area contributed by atoms with Gasteiger partial charge < -0.3 is 0 Å². The summed E-state index contributed by atoms with van der Waals surface area (Å²) in [6, 6.07) is 6.49. The van der Waals surface area contributed by atoms with Crippen LogP contribution in [0.25, 0.3) is 0 Å². The van der Waals surface area contributed by atoms with Crippen LogP contribution in [-0.2, 0) is 9.59 Å². The normalized spacial score (nSPS) is 21.5. The maximum absolute atomic E-state index is 12.1. The van der Waals surface area contributed by atoms with Crippen molar-refractivity contribution in [2.24, 2.45) is 5.92 Å². The highest BCUT2D eigenvalue weighted by molar-refractivity contribution is 6.23. The van der Waals surface area contributed by atoms with Gasteiger partial charge in [0.1, 0.15) is 5.78 Å². The SMILES string of the molecule is O=C1CCC[C@@H]1C(=O)CN1C(=O)c2ccccc2C1=O. The van der Waals surface area contributed by atoms with Crippen LogP contribution in [0.5, 0.6) is 0 Å². The van der Waals surface area contributed by atoms with Crippen LogP contribution >= 0.6 is 0 Å². The molecule has 102 valence electrons. The van der Waals surface area contributed by atoms with Crippen molar-refractivity contribution in [3.63, 3.8) is 0 Å². The molecular formula is C15H13NO4. The highest BCUT2D eigenvalue weighted by atomic mass is 16.2. The summed E-state index contributed by atoms with van der Waals surface area (Å²) in [5.41, 5.74) is 0.645. The quantitative estimate of drug-likeness (QED) is 0.612. The van der Waals surface area contributed by atoms with E-state index in [1.807, 2.05) is 0 Å². The molecule has 1 heterocycles. The number of carbonyl (C=O) groups excluding carboxylic acids is 4. The van der Waals surface area contributed by atoms with Gasteiger partial charge in [0.05, 0.1) is 23.6 Å². The smallest absolute Gasteiger partial charge is 0.261 e. The summed E-state index contributed by atoms with van der Waals surface area (Å²) in [6.07, 6.45) is 1.65. The molecular weight excluding hydrogens is 258 g/mol. The Bertz CT molecular complexity index is 600. The molecule has 0 unspecified atom stereocenters. The molecule has 1 aliphatic carbocycles. The van der Waals surface area contributed by atoms with Crippen LogP contribution in [0.4, 0.5) is 0 Å². The van der Waals surface area contributed by atoms with Gasteiger partial charge in [-0.2, -0.15) is 0 Å². The maximum atomic E-state index is 12.1. The van der Waals surface area contributed by atoms with Crippen molar-refractivity contribution in [2.75, 3.05) is 6.54 Å². The van der Waals surface area contributed by atoms with Gasteiger partial charge in [0.15, 0.2) is 5.78 Å². The Balaban J connectivity index is 1.80. The number of imide groups is 1. The Kier molecular flexibility index (Phi) is 2.97. The van der Waals surface area contributed by atoms with E-state index >= 15 is 0 Å². The molecule has 20 heavy (non-hydrogen) atoms. The Labute approximate surface area is 115 Å². The molecule has 2 aliphatic rings. The molecule has 1 atom stereocenters. The summed E-state index contributed by atoms with van der Waals surface area (Å²) in [7, 11) is 0. The number of carbonyl (C=O) groups is 4. The molecule has 1 aliphatic heterocycles. The minimum Gasteiger partial charge on any atom is -0.299 e. The molecule has 1 aromatic carbocycles. The monoisotopic (exact) mass is 271 g/mol. The van der Waals surface area contributed by atoms with Gasteiger partial charge in [-0.3, -0.25) is 24.1 Å². The van der Waals surface area contributed by atoms with E-state index in [4.69, 9.17) is 0 Å². The lowest BCUT2D eigenvalue weighted by Crippen LogP contribution is -2.38. The number of nitrogens with zero attached hydrogens (tertiary/aromatic N) is 1. The Morgan fingerprint density at radius 1 is 1.10 bits per heavy atom. The minimum absolute atomic E-state index is 0.0772. The number of fused-ring (bicyclic) bond motifs is 1. The van der Waals surface area contributed by atoms with Crippen molar-refractivity contribution in [3.8, 4) is 0 Å². The van der Waals surface area contributed by atoms with E-state index in [1.54, 1.807) is 24.3 Å². The molecule has 0 aromatic heterocycles. The van der Waals surface area contributed by atoms with Gasteiger partial charge in [-0.25, -0.2) is 0 Å². The Morgan fingerprint density at radius 3 is 2.20 bits per heavy atom. The number of rotatable bonds is 3. The average molecular weight is 271 g/mol. The number of hydrogen-bond donors (Lipinski definition) is 0. The lowest BCUT2D eigenvalue weighted by molar-refractivity contribution is -0.131. The number of ketones is 2. The van der Waals surface area contributed by atoms with Crippen molar-refractivity contribution < 1.29 is 19.2 Å². The van der Waals surface area contributed by atoms with Crippen molar-refractivity contribution in [2.45, 2.75) is 19.3 Å². The third-order valence-corrected chi connectivity index (χ3v) is 3.89. The van der Waals surface area contributed by atoms with Crippen LogP contribution < -0.4 is 0 Å². The molecule has 5 heteroatoms. The Hall–Kier alpha value is -2.30. The lowest BCUT2D eigenvalue weighted by Gasteiger charge is -2.15. The predicted octanol–water partition coefficient (Wildman–Crippen LogP) is 1.22. The molecule has 2 amide bonds. The van der Waals surface area contributed by atoms with Crippen molar-refractivity contribution in [1.82, 2.24) is 4.90 Å². The van der Waals surface area contributed by atoms with Crippen molar-refractivity contribution in [3.05, 3.63) is 35.4 Å². The summed E-state index contributed by atoms with van der Waals surface area (Å²) in [5, 5.41) is 0. The van der Waals surface area contributed by atoms with Crippen LogP contribution in [0.1, 0.15) is 40.0 Å². The fourth-order valence-corrected chi connectivity index (χ4v) is 2.80. The first-order valence-corrected chi connectivity index (χ1v) is 6.60. The first kappa shape index (κ1) is 12.7. The summed E-state index contributed by atoms with van der Waals surface area (Å²) >= 11 is 0. The molecule has 3 rings (SSSR count). The highest BCUT2D eigenvalue weighted by Gasteiger charge is 2.39. The molecule has 0 spiro atoms. The van der Waals surface area contributed by atoms with Crippen LogP contribution in [0.15, 0.2) is 24.3 Å². The number of benzene rings is 1. The van der Waals surface area contributed by atoms with Gasteiger partial charge in [-0.15, -0.1) is 0 Å². The summed E-state index contributed by atoms with van der Waals surface area (Å²) in [5.74, 6) is -1.96. The first-order valence-electron chi connectivity index (χ1n) is 6.60. The number of hydrogen-bond acceptors (Lipinski definition) is 4. The molecule has 0 N–H and O–H groups in total. The number of Topliss-reactive ketones (excluding diaryl/α,β-unsaturated/α-hetero) is 2. The topological polar surface area (TPSA) is 71.5 Å². The van der Waals surface area contributed by atoms with Gasteiger partial charge in [0.25, 0.3) is 11.8 Å². The second-order valence-electron chi connectivity index (χ2n) is 5.12. The van der Waals surface area contributed by atoms with Crippen LogP contribution in [0.3, 0.4) is 0 Å². The molecule has 1 saturated carbocycles. The zero-order valence-corrected chi connectivity index (χ0v) is 10.8. The third kappa shape index (κ3) is 1.86. The predicted molar refractivity (Wildman–Crippen MR) is 69.2 cm³/mol.